The number of esters is 1. The summed E-state index contributed by atoms with van der Waals surface area (Å²) in [5.41, 5.74) is 0.601. The van der Waals surface area contributed by atoms with Crippen LogP contribution in [0.5, 0.6) is 0 Å². The van der Waals surface area contributed by atoms with Gasteiger partial charge in [-0.2, -0.15) is 0 Å². The van der Waals surface area contributed by atoms with Crippen molar-refractivity contribution in [3.05, 3.63) is 24.0 Å². The molecule has 0 aliphatic carbocycles. The lowest BCUT2D eigenvalue weighted by molar-refractivity contribution is -0.145. The monoisotopic (exact) mass is 238 g/mol. The third kappa shape index (κ3) is 3.09. The number of hydrogen-bond acceptors (Lipinski definition) is 3. The lowest BCUT2D eigenvalue weighted by atomic mass is 10.1. The Kier molecular flexibility index (Phi) is 4.31. The third-order valence-electron chi connectivity index (χ3n) is 2.66. The maximum Gasteiger partial charge on any atom is 0.310 e. The Balaban J connectivity index is 2.65. The minimum Gasteiger partial charge on any atom is -0.469 e. The molecule has 5 heteroatoms. The molecule has 0 aliphatic heterocycles. The van der Waals surface area contributed by atoms with Gasteiger partial charge in [0, 0.05) is 26.8 Å². The van der Waals surface area contributed by atoms with Crippen molar-refractivity contribution in [1.82, 2.24) is 9.47 Å². The van der Waals surface area contributed by atoms with E-state index in [-0.39, 0.29) is 17.8 Å². The fourth-order valence-corrected chi connectivity index (χ4v) is 1.65. The Labute approximate surface area is 101 Å². The fraction of sp³-hybridized carbons (Fsp3) is 0.500. The van der Waals surface area contributed by atoms with Gasteiger partial charge in [-0.1, -0.05) is 6.92 Å². The molecule has 0 spiro atoms. The van der Waals surface area contributed by atoms with Crippen LogP contribution >= 0.6 is 0 Å². The van der Waals surface area contributed by atoms with Crippen molar-refractivity contribution in [3.63, 3.8) is 0 Å². The standard InChI is InChI=1S/C12H18N2O3/c1-9(12(16)17-4)8-14(3)11(15)10-6-5-7-13(10)2/h5-7,9H,8H2,1-4H3. The molecule has 0 bridgehead atoms. The van der Waals surface area contributed by atoms with E-state index in [2.05, 4.69) is 4.74 Å². The van der Waals surface area contributed by atoms with Gasteiger partial charge in [0.25, 0.3) is 5.91 Å². The highest BCUT2D eigenvalue weighted by Gasteiger charge is 2.20. The van der Waals surface area contributed by atoms with Crippen LogP contribution in [0.25, 0.3) is 0 Å². The molecule has 0 N–H and O–H groups in total. The molecule has 94 valence electrons. The number of ether oxygens (including phenoxy) is 1. The number of hydrogen-bond donors (Lipinski definition) is 0. The van der Waals surface area contributed by atoms with E-state index in [1.807, 2.05) is 19.3 Å². The number of rotatable bonds is 4. The second-order valence-electron chi connectivity index (χ2n) is 4.11. The Morgan fingerprint density at radius 2 is 2.18 bits per heavy atom. The average Bonchev–Trinajstić information content (AvgIpc) is 2.73. The van der Waals surface area contributed by atoms with Crippen LogP contribution in [0.3, 0.4) is 0 Å². The molecule has 0 aliphatic rings. The van der Waals surface area contributed by atoms with Crippen molar-refractivity contribution >= 4 is 11.9 Å². The van der Waals surface area contributed by atoms with E-state index in [1.165, 1.54) is 12.0 Å². The molecule has 1 heterocycles. The molecule has 1 aromatic heterocycles. The summed E-state index contributed by atoms with van der Waals surface area (Å²) in [5.74, 6) is -0.737. The zero-order chi connectivity index (χ0) is 13.0. The van der Waals surface area contributed by atoms with Crippen molar-refractivity contribution in [2.75, 3.05) is 20.7 Å². The normalized spacial score (nSPS) is 12.0. The largest absolute Gasteiger partial charge is 0.469 e. The predicted molar refractivity (Wildman–Crippen MR) is 63.6 cm³/mol. The molecule has 1 unspecified atom stereocenters. The summed E-state index contributed by atoms with van der Waals surface area (Å²) in [6.07, 6.45) is 1.81. The highest BCUT2D eigenvalue weighted by molar-refractivity contribution is 5.92. The van der Waals surface area contributed by atoms with Gasteiger partial charge in [0.2, 0.25) is 0 Å². The van der Waals surface area contributed by atoms with E-state index < -0.39 is 0 Å². The van der Waals surface area contributed by atoms with Crippen LogP contribution in [0.2, 0.25) is 0 Å². The van der Waals surface area contributed by atoms with E-state index in [0.717, 1.165) is 0 Å². The Bertz CT molecular complexity index is 412. The third-order valence-corrected chi connectivity index (χ3v) is 2.66. The molecular weight excluding hydrogens is 220 g/mol. The summed E-state index contributed by atoms with van der Waals surface area (Å²) in [6.45, 7) is 2.08. The molecule has 1 atom stereocenters. The number of carbonyl (C=O) groups excluding carboxylic acids is 2. The molecule has 0 fully saturated rings. The first-order valence-electron chi connectivity index (χ1n) is 5.42. The van der Waals surface area contributed by atoms with Gasteiger partial charge >= 0.3 is 5.97 Å². The van der Waals surface area contributed by atoms with E-state index in [0.29, 0.717) is 12.2 Å². The smallest absolute Gasteiger partial charge is 0.310 e. The number of nitrogens with zero attached hydrogens (tertiary/aromatic N) is 2. The van der Waals surface area contributed by atoms with Crippen LogP contribution in [0.15, 0.2) is 18.3 Å². The molecule has 17 heavy (non-hydrogen) atoms. The quantitative estimate of drug-likeness (QED) is 0.732. The van der Waals surface area contributed by atoms with Crippen molar-refractivity contribution < 1.29 is 14.3 Å². The lowest BCUT2D eigenvalue weighted by Gasteiger charge is -2.20. The van der Waals surface area contributed by atoms with Crippen LogP contribution < -0.4 is 0 Å². The number of aryl methyl sites for hydroxylation is 1. The fourth-order valence-electron chi connectivity index (χ4n) is 1.65. The van der Waals surface area contributed by atoms with Crippen LogP contribution in [-0.4, -0.2) is 42.0 Å². The summed E-state index contributed by atoms with van der Waals surface area (Å²) >= 11 is 0. The van der Waals surface area contributed by atoms with Gasteiger partial charge in [-0.3, -0.25) is 9.59 Å². The van der Waals surface area contributed by atoms with Crippen molar-refractivity contribution in [3.8, 4) is 0 Å². The first-order chi connectivity index (χ1) is 7.97. The number of amides is 1. The van der Waals surface area contributed by atoms with Gasteiger partial charge in [-0.15, -0.1) is 0 Å². The van der Waals surface area contributed by atoms with E-state index in [1.54, 1.807) is 24.6 Å². The molecule has 5 nitrogen and oxygen atoms in total. The van der Waals surface area contributed by atoms with Crippen molar-refractivity contribution in [2.45, 2.75) is 6.92 Å². The highest BCUT2D eigenvalue weighted by Crippen LogP contribution is 2.07. The van der Waals surface area contributed by atoms with Crippen LogP contribution in [0.4, 0.5) is 0 Å². The minimum atomic E-state index is -0.325. The van der Waals surface area contributed by atoms with Crippen LogP contribution in [-0.2, 0) is 16.6 Å². The summed E-state index contributed by atoms with van der Waals surface area (Å²) in [6, 6.07) is 3.56. The summed E-state index contributed by atoms with van der Waals surface area (Å²) in [5, 5.41) is 0. The average molecular weight is 238 g/mol. The topological polar surface area (TPSA) is 51.5 Å². The Morgan fingerprint density at radius 3 is 2.65 bits per heavy atom. The summed E-state index contributed by atoms with van der Waals surface area (Å²) in [7, 11) is 4.83. The Morgan fingerprint density at radius 1 is 1.53 bits per heavy atom. The van der Waals surface area contributed by atoms with E-state index in [4.69, 9.17) is 0 Å². The molecule has 0 aromatic carbocycles. The van der Waals surface area contributed by atoms with Gasteiger partial charge in [0.15, 0.2) is 0 Å². The van der Waals surface area contributed by atoms with Gasteiger partial charge < -0.3 is 14.2 Å². The molecule has 1 amide bonds. The number of methoxy groups -OCH3 is 1. The summed E-state index contributed by atoms with van der Waals surface area (Å²) in [4.78, 5) is 24.8. The second-order valence-corrected chi connectivity index (χ2v) is 4.11. The summed E-state index contributed by atoms with van der Waals surface area (Å²) < 4.78 is 6.38. The van der Waals surface area contributed by atoms with Crippen LogP contribution in [0.1, 0.15) is 17.4 Å². The SMILES string of the molecule is COC(=O)C(C)CN(C)C(=O)c1cccn1C. The number of aromatic nitrogens is 1. The lowest BCUT2D eigenvalue weighted by Crippen LogP contribution is -2.34. The van der Waals surface area contributed by atoms with E-state index >= 15 is 0 Å². The Hall–Kier alpha value is -1.78. The van der Waals surface area contributed by atoms with Gasteiger partial charge in [0.1, 0.15) is 5.69 Å². The molecule has 0 radical (unpaired) electrons. The minimum absolute atomic E-state index is 0.103. The highest BCUT2D eigenvalue weighted by atomic mass is 16.5. The first kappa shape index (κ1) is 13.3. The second kappa shape index (κ2) is 5.52. The zero-order valence-corrected chi connectivity index (χ0v) is 10.6. The van der Waals surface area contributed by atoms with E-state index in [9.17, 15) is 9.59 Å². The van der Waals surface area contributed by atoms with Gasteiger partial charge in [-0.25, -0.2) is 0 Å². The number of carbonyl (C=O) groups is 2. The molecular formula is C12H18N2O3. The predicted octanol–water partition coefficient (Wildman–Crippen LogP) is 0.906. The van der Waals surface area contributed by atoms with Crippen molar-refractivity contribution in [2.24, 2.45) is 13.0 Å². The maximum atomic E-state index is 12.0. The van der Waals surface area contributed by atoms with Gasteiger partial charge in [-0.05, 0) is 12.1 Å². The van der Waals surface area contributed by atoms with Crippen molar-refractivity contribution in [1.29, 1.82) is 0 Å². The maximum absolute atomic E-state index is 12.0. The molecule has 1 aromatic rings. The molecule has 0 saturated carbocycles. The van der Waals surface area contributed by atoms with Gasteiger partial charge in [0.05, 0.1) is 13.0 Å². The molecule has 0 saturated heterocycles. The van der Waals surface area contributed by atoms with Crippen LogP contribution in [0, 0.1) is 5.92 Å². The zero-order valence-electron chi connectivity index (χ0n) is 10.6. The molecule has 1 rings (SSSR count). The first-order valence-corrected chi connectivity index (χ1v) is 5.42.